The third-order valence-corrected chi connectivity index (χ3v) is 5.09. The summed E-state index contributed by atoms with van der Waals surface area (Å²) in [4.78, 5) is 52.4. The van der Waals surface area contributed by atoms with Gasteiger partial charge in [0.2, 0.25) is 11.8 Å². The fourth-order valence-corrected chi connectivity index (χ4v) is 3.62. The van der Waals surface area contributed by atoms with Gasteiger partial charge in [0.15, 0.2) is 0 Å². The van der Waals surface area contributed by atoms with E-state index in [9.17, 15) is 19.2 Å². The highest BCUT2D eigenvalue weighted by molar-refractivity contribution is 5.92. The van der Waals surface area contributed by atoms with Gasteiger partial charge in [-0.2, -0.15) is 0 Å². The molecular formula is C26H41N3O6. The topological polar surface area (TPSA) is 114 Å². The molecule has 196 valence electrons. The van der Waals surface area contributed by atoms with Crippen molar-refractivity contribution < 1.29 is 28.7 Å². The van der Waals surface area contributed by atoms with E-state index < -0.39 is 41.6 Å². The van der Waals surface area contributed by atoms with Gasteiger partial charge < -0.3 is 25.0 Å². The maximum absolute atomic E-state index is 13.6. The number of esters is 1. The summed E-state index contributed by atoms with van der Waals surface area (Å²) in [6, 6.07) is 3.38. The van der Waals surface area contributed by atoms with E-state index in [0.717, 1.165) is 11.1 Å². The molecule has 2 atom stereocenters. The van der Waals surface area contributed by atoms with E-state index in [1.54, 1.807) is 48.5 Å². The first-order valence-electron chi connectivity index (χ1n) is 12.0. The normalized spacial score (nSPS) is 13.0. The van der Waals surface area contributed by atoms with E-state index in [4.69, 9.17) is 9.47 Å². The fraction of sp³-hybridized carbons (Fsp3) is 0.615. The van der Waals surface area contributed by atoms with E-state index >= 15 is 0 Å². The molecule has 2 unspecified atom stereocenters. The molecule has 0 spiro atoms. The van der Waals surface area contributed by atoms with Gasteiger partial charge in [-0.15, -0.1) is 0 Å². The van der Waals surface area contributed by atoms with Crippen LogP contribution in [-0.2, 0) is 23.9 Å². The molecular weight excluding hydrogens is 450 g/mol. The van der Waals surface area contributed by atoms with Gasteiger partial charge in [0.25, 0.3) is 0 Å². The van der Waals surface area contributed by atoms with Crippen molar-refractivity contribution >= 4 is 23.9 Å². The van der Waals surface area contributed by atoms with Gasteiger partial charge in [0.05, 0.1) is 13.0 Å². The molecule has 0 aliphatic carbocycles. The van der Waals surface area contributed by atoms with Gasteiger partial charge in [-0.05, 0) is 73.4 Å². The molecule has 0 bridgehead atoms. The van der Waals surface area contributed by atoms with Gasteiger partial charge in [-0.25, -0.2) is 4.79 Å². The standard InChI is InChI=1S/C26H41N3O6/c1-10-34-21(30)13-14-27-23(31)22(20-12-11-17(4)15-18(20)5)29(16(2)3)24(32)19(6)28-25(33)35-26(7,8)9/h11-12,15-16,19,22H,10,13-14H2,1-9H3,(H,27,31)(H,28,33). The number of hydrogen-bond acceptors (Lipinski definition) is 6. The third-order valence-electron chi connectivity index (χ3n) is 5.09. The first-order chi connectivity index (χ1) is 16.2. The number of ether oxygens (including phenoxy) is 2. The van der Waals surface area contributed by atoms with Gasteiger partial charge in [-0.1, -0.05) is 23.8 Å². The van der Waals surface area contributed by atoms with Crippen molar-refractivity contribution in [2.24, 2.45) is 0 Å². The summed E-state index contributed by atoms with van der Waals surface area (Å²) >= 11 is 0. The van der Waals surface area contributed by atoms with Gasteiger partial charge in [-0.3, -0.25) is 14.4 Å². The number of benzene rings is 1. The second kappa shape index (κ2) is 13.1. The van der Waals surface area contributed by atoms with Crippen LogP contribution in [0.4, 0.5) is 4.79 Å². The number of hydrogen-bond donors (Lipinski definition) is 2. The zero-order chi connectivity index (χ0) is 26.9. The molecule has 0 saturated heterocycles. The van der Waals surface area contributed by atoms with Crippen LogP contribution < -0.4 is 10.6 Å². The molecule has 35 heavy (non-hydrogen) atoms. The molecule has 1 aromatic rings. The highest BCUT2D eigenvalue weighted by Gasteiger charge is 2.37. The summed E-state index contributed by atoms with van der Waals surface area (Å²) < 4.78 is 10.2. The number of carbonyl (C=O) groups excluding carboxylic acids is 4. The van der Waals surface area contributed by atoms with Crippen molar-refractivity contribution in [2.75, 3.05) is 13.2 Å². The minimum Gasteiger partial charge on any atom is -0.466 e. The van der Waals surface area contributed by atoms with Gasteiger partial charge in [0, 0.05) is 12.6 Å². The Bertz CT molecular complexity index is 907. The smallest absolute Gasteiger partial charge is 0.408 e. The number of alkyl carbamates (subject to hydrolysis) is 1. The lowest BCUT2D eigenvalue weighted by atomic mass is 9.95. The second-order valence-corrected chi connectivity index (χ2v) is 9.82. The summed E-state index contributed by atoms with van der Waals surface area (Å²) in [5.74, 6) is -1.27. The maximum atomic E-state index is 13.6. The third kappa shape index (κ3) is 9.58. The number of nitrogens with zero attached hydrogens (tertiary/aromatic N) is 1. The van der Waals surface area contributed by atoms with Crippen LogP contribution in [-0.4, -0.2) is 59.6 Å². The minimum atomic E-state index is -0.965. The number of carbonyl (C=O) groups is 4. The highest BCUT2D eigenvalue weighted by Crippen LogP contribution is 2.28. The van der Waals surface area contributed by atoms with Gasteiger partial charge >= 0.3 is 12.1 Å². The molecule has 1 aromatic carbocycles. The first-order valence-corrected chi connectivity index (χ1v) is 12.0. The van der Waals surface area contributed by atoms with Crippen LogP contribution in [0.25, 0.3) is 0 Å². The molecule has 0 radical (unpaired) electrons. The predicted molar refractivity (Wildman–Crippen MR) is 134 cm³/mol. The molecule has 0 aliphatic heterocycles. The highest BCUT2D eigenvalue weighted by atomic mass is 16.6. The minimum absolute atomic E-state index is 0.0193. The summed E-state index contributed by atoms with van der Waals surface area (Å²) in [5.41, 5.74) is 1.82. The Kier molecular flexibility index (Phi) is 11.2. The van der Waals surface area contributed by atoms with E-state index in [1.165, 1.54) is 4.90 Å². The predicted octanol–water partition coefficient (Wildman–Crippen LogP) is 3.56. The lowest BCUT2D eigenvalue weighted by molar-refractivity contribution is -0.145. The van der Waals surface area contributed by atoms with E-state index in [-0.39, 0.29) is 25.6 Å². The van der Waals surface area contributed by atoms with E-state index in [0.29, 0.717) is 5.56 Å². The van der Waals surface area contributed by atoms with Crippen LogP contribution in [0, 0.1) is 13.8 Å². The van der Waals surface area contributed by atoms with Crippen molar-refractivity contribution in [3.8, 4) is 0 Å². The maximum Gasteiger partial charge on any atom is 0.408 e. The SMILES string of the molecule is CCOC(=O)CCNC(=O)C(c1ccc(C)cc1C)N(C(=O)C(C)NC(=O)OC(C)(C)C)C(C)C. The number of amides is 3. The van der Waals surface area contributed by atoms with Crippen LogP contribution in [0.2, 0.25) is 0 Å². The lowest BCUT2D eigenvalue weighted by Gasteiger charge is -2.37. The molecule has 3 amide bonds. The first kappa shape index (κ1) is 29.9. The van der Waals surface area contributed by atoms with Crippen molar-refractivity contribution in [3.05, 3.63) is 34.9 Å². The number of nitrogens with one attached hydrogen (secondary N) is 2. The Morgan fingerprint density at radius 2 is 1.69 bits per heavy atom. The van der Waals surface area contributed by atoms with Crippen LogP contribution in [0.15, 0.2) is 18.2 Å². The molecule has 0 fully saturated rings. The average Bonchev–Trinajstić information content (AvgIpc) is 2.70. The summed E-state index contributed by atoms with van der Waals surface area (Å²) in [5, 5.41) is 5.34. The Labute approximate surface area is 208 Å². The average molecular weight is 492 g/mol. The number of aryl methyl sites for hydroxylation is 2. The van der Waals surface area contributed by atoms with Gasteiger partial charge in [0.1, 0.15) is 17.7 Å². The van der Waals surface area contributed by atoms with Crippen LogP contribution in [0.1, 0.15) is 77.6 Å². The molecule has 1 rings (SSSR count). The molecule has 9 heteroatoms. The van der Waals surface area contributed by atoms with Crippen LogP contribution >= 0.6 is 0 Å². The van der Waals surface area contributed by atoms with Crippen molar-refractivity contribution in [1.82, 2.24) is 15.5 Å². The Morgan fingerprint density at radius 3 is 2.20 bits per heavy atom. The Morgan fingerprint density at radius 1 is 1.06 bits per heavy atom. The zero-order valence-electron chi connectivity index (χ0n) is 22.5. The van der Waals surface area contributed by atoms with Crippen molar-refractivity contribution in [1.29, 1.82) is 0 Å². The summed E-state index contributed by atoms with van der Waals surface area (Å²) in [7, 11) is 0. The van der Waals surface area contributed by atoms with E-state index in [1.807, 2.05) is 32.0 Å². The molecule has 9 nitrogen and oxygen atoms in total. The molecule has 2 N–H and O–H groups in total. The molecule has 0 saturated carbocycles. The summed E-state index contributed by atoms with van der Waals surface area (Å²) in [6.07, 6.45) is -0.699. The Balaban J connectivity index is 3.27. The van der Waals surface area contributed by atoms with Crippen molar-refractivity contribution in [2.45, 2.75) is 92.5 Å². The zero-order valence-corrected chi connectivity index (χ0v) is 22.5. The second-order valence-electron chi connectivity index (χ2n) is 9.82. The van der Waals surface area contributed by atoms with Crippen molar-refractivity contribution in [3.63, 3.8) is 0 Å². The molecule has 0 heterocycles. The van der Waals surface area contributed by atoms with Crippen LogP contribution in [0.3, 0.4) is 0 Å². The Hall–Kier alpha value is -3.10. The van der Waals surface area contributed by atoms with Crippen LogP contribution in [0.5, 0.6) is 0 Å². The summed E-state index contributed by atoms with van der Waals surface area (Å²) in [6.45, 7) is 16.2. The van der Waals surface area contributed by atoms with E-state index in [2.05, 4.69) is 10.6 Å². The quantitative estimate of drug-likeness (QED) is 0.484. The lowest BCUT2D eigenvalue weighted by Crippen LogP contribution is -2.54. The molecule has 0 aromatic heterocycles. The largest absolute Gasteiger partial charge is 0.466 e. The molecule has 0 aliphatic rings. The number of rotatable bonds is 10. The monoisotopic (exact) mass is 491 g/mol. The fourth-order valence-electron chi connectivity index (χ4n) is 3.62.